The average molecular weight is 279 g/mol. The van der Waals surface area contributed by atoms with Gasteiger partial charge in [-0.25, -0.2) is 0 Å². The van der Waals surface area contributed by atoms with E-state index in [9.17, 15) is 0 Å². The maximum absolute atomic E-state index is 5.91. The molecule has 4 rings (SSSR count). The molecule has 1 heterocycles. The second-order valence-electron chi connectivity index (χ2n) is 6.22. The van der Waals surface area contributed by atoms with Crippen molar-refractivity contribution in [2.75, 3.05) is 0 Å². The van der Waals surface area contributed by atoms with Crippen molar-refractivity contribution in [3.8, 4) is 0 Å². The Hall–Kier alpha value is -1.71. The van der Waals surface area contributed by atoms with E-state index < -0.39 is 0 Å². The summed E-state index contributed by atoms with van der Waals surface area (Å²) in [6.07, 6.45) is 7.85. The molecule has 0 saturated carbocycles. The zero-order chi connectivity index (χ0) is 14.2. The number of nitrogens with two attached hydrogens (primary N) is 1. The quantitative estimate of drug-likeness (QED) is 0.671. The van der Waals surface area contributed by atoms with E-state index in [1.54, 1.807) is 0 Å². The highest BCUT2D eigenvalue weighted by Crippen LogP contribution is 2.40. The Morgan fingerprint density at radius 3 is 2.90 bits per heavy atom. The van der Waals surface area contributed by atoms with Crippen LogP contribution in [0.2, 0.25) is 0 Å². The smallest absolute Gasteiger partial charge is 0.0543 e. The Bertz CT molecular complexity index is 665. The molecule has 2 unspecified atom stereocenters. The maximum atomic E-state index is 5.91. The number of hydrazine groups is 1. The third-order valence-electron chi connectivity index (χ3n) is 5.07. The zero-order valence-electron chi connectivity index (χ0n) is 12.2. The third-order valence-corrected chi connectivity index (χ3v) is 5.07. The molecule has 2 aromatic rings. The van der Waals surface area contributed by atoms with Crippen LogP contribution in [0.15, 0.2) is 36.5 Å². The van der Waals surface area contributed by atoms with E-state index >= 15 is 0 Å². The number of hydrogen-bond acceptors (Lipinski definition) is 3. The fourth-order valence-corrected chi connectivity index (χ4v) is 4.00. The molecule has 0 bridgehead atoms. The summed E-state index contributed by atoms with van der Waals surface area (Å²) >= 11 is 0. The predicted molar refractivity (Wildman–Crippen MR) is 83.8 cm³/mol. The molecule has 1 aromatic heterocycles. The molecule has 0 saturated heterocycles. The predicted octanol–water partition coefficient (Wildman–Crippen LogP) is 2.80. The van der Waals surface area contributed by atoms with Crippen LogP contribution in [0, 0.1) is 0 Å². The maximum Gasteiger partial charge on any atom is 0.0543 e. The molecule has 3 N–H and O–H groups in total. The van der Waals surface area contributed by atoms with Gasteiger partial charge in [-0.2, -0.15) is 0 Å². The fourth-order valence-electron chi connectivity index (χ4n) is 4.00. The minimum Gasteiger partial charge on any atom is -0.271 e. The molecule has 108 valence electrons. The molecule has 2 atom stereocenters. The summed E-state index contributed by atoms with van der Waals surface area (Å²) in [6.45, 7) is 0. The zero-order valence-corrected chi connectivity index (χ0v) is 12.2. The van der Waals surface area contributed by atoms with Gasteiger partial charge >= 0.3 is 0 Å². The van der Waals surface area contributed by atoms with Crippen LogP contribution < -0.4 is 11.3 Å². The van der Waals surface area contributed by atoms with Gasteiger partial charge in [0.1, 0.15) is 0 Å². The van der Waals surface area contributed by atoms with Gasteiger partial charge < -0.3 is 0 Å². The van der Waals surface area contributed by atoms with Gasteiger partial charge in [0.05, 0.1) is 6.04 Å². The minimum atomic E-state index is 0.159. The molecular formula is C18H21N3. The molecule has 0 fully saturated rings. The van der Waals surface area contributed by atoms with Crippen LogP contribution in [0.4, 0.5) is 0 Å². The molecule has 0 radical (unpaired) electrons. The van der Waals surface area contributed by atoms with E-state index in [0.29, 0.717) is 5.92 Å². The first-order valence-electron chi connectivity index (χ1n) is 7.88. The van der Waals surface area contributed by atoms with Crippen molar-refractivity contribution in [1.29, 1.82) is 0 Å². The van der Waals surface area contributed by atoms with Gasteiger partial charge in [0.2, 0.25) is 0 Å². The number of nitrogens with zero attached hydrogens (tertiary/aromatic N) is 1. The topological polar surface area (TPSA) is 50.9 Å². The number of fused-ring (bicyclic) bond motifs is 2. The Balaban J connectivity index is 1.70. The van der Waals surface area contributed by atoms with Crippen LogP contribution in [0.1, 0.15) is 52.7 Å². The van der Waals surface area contributed by atoms with Crippen LogP contribution in [0.3, 0.4) is 0 Å². The lowest BCUT2D eigenvalue weighted by molar-refractivity contribution is 0.447. The third kappa shape index (κ3) is 2.17. The fraction of sp³-hybridized carbons (Fsp3) is 0.389. The number of pyridine rings is 1. The normalized spacial score (nSPS) is 21.1. The highest BCUT2D eigenvalue weighted by atomic mass is 15.2. The highest BCUT2D eigenvalue weighted by molar-refractivity contribution is 5.39. The van der Waals surface area contributed by atoms with Crippen LogP contribution in [-0.4, -0.2) is 4.98 Å². The van der Waals surface area contributed by atoms with Gasteiger partial charge in [-0.05, 0) is 60.4 Å². The number of aryl methyl sites for hydroxylation is 3. The molecule has 2 aliphatic carbocycles. The number of hydrogen-bond donors (Lipinski definition) is 2. The van der Waals surface area contributed by atoms with Gasteiger partial charge in [0.15, 0.2) is 0 Å². The van der Waals surface area contributed by atoms with Gasteiger partial charge in [-0.3, -0.25) is 16.3 Å². The standard InChI is InChI=1S/C18H21N3/c19-21-18(15-7-6-12-3-1-4-14(12)11-15)16-9-8-13-5-2-10-20-17(13)16/h2,5-7,10-11,16,18,21H,1,3-4,8-9,19H2. The SMILES string of the molecule is NNC(c1ccc2c(c1)CCC2)C1CCc2cccnc21. The molecule has 3 nitrogen and oxygen atoms in total. The Labute approximate surface area is 125 Å². The summed E-state index contributed by atoms with van der Waals surface area (Å²) in [5.41, 5.74) is 9.98. The van der Waals surface area contributed by atoms with Crippen molar-refractivity contribution in [3.63, 3.8) is 0 Å². The minimum absolute atomic E-state index is 0.159. The first kappa shape index (κ1) is 13.0. The Kier molecular flexibility index (Phi) is 3.24. The van der Waals surface area contributed by atoms with Gasteiger partial charge in [0, 0.05) is 17.8 Å². The summed E-state index contributed by atoms with van der Waals surface area (Å²) in [6, 6.07) is 11.3. The first-order valence-corrected chi connectivity index (χ1v) is 7.88. The number of rotatable bonds is 3. The monoisotopic (exact) mass is 279 g/mol. The summed E-state index contributed by atoms with van der Waals surface area (Å²) in [7, 11) is 0. The van der Waals surface area contributed by atoms with Crippen molar-refractivity contribution in [3.05, 3.63) is 64.5 Å². The largest absolute Gasteiger partial charge is 0.271 e. The van der Waals surface area contributed by atoms with Crippen molar-refractivity contribution in [2.45, 2.75) is 44.1 Å². The van der Waals surface area contributed by atoms with Crippen molar-refractivity contribution >= 4 is 0 Å². The molecule has 0 spiro atoms. The lowest BCUT2D eigenvalue weighted by Crippen LogP contribution is -2.32. The molecule has 1 aromatic carbocycles. The molecule has 2 aliphatic rings. The van der Waals surface area contributed by atoms with Crippen LogP contribution in [0.25, 0.3) is 0 Å². The van der Waals surface area contributed by atoms with E-state index in [-0.39, 0.29) is 6.04 Å². The lowest BCUT2D eigenvalue weighted by atomic mass is 9.89. The Morgan fingerprint density at radius 1 is 1.10 bits per heavy atom. The van der Waals surface area contributed by atoms with Crippen molar-refractivity contribution in [2.24, 2.45) is 5.84 Å². The second kappa shape index (κ2) is 5.24. The van der Waals surface area contributed by atoms with E-state index in [1.165, 1.54) is 47.2 Å². The van der Waals surface area contributed by atoms with Crippen LogP contribution >= 0.6 is 0 Å². The van der Waals surface area contributed by atoms with E-state index in [1.807, 2.05) is 12.3 Å². The van der Waals surface area contributed by atoms with Crippen LogP contribution in [-0.2, 0) is 19.3 Å². The van der Waals surface area contributed by atoms with Crippen molar-refractivity contribution in [1.82, 2.24) is 10.4 Å². The summed E-state index contributed by atoms with van der Waals surface area (Å²) in [4.78, 5) is 4.61. The summed E-state index contributed by atoms with van der Waals surface area (Å²) < 4.78 is 0. The number of nitrogens with one attached hydrogen (secondary N) is 1. The molecule has 3 heteroatoms. The second-order valence-corrected chi connectivity index (χ2v) is 6.22. The van der Waals surface area contributed by atoms with E-state index in [0.717, 1.165) is 12.8 Å². The highest BCUT2D eigenvalue weighted by Gasteiger charge is 2.31. The summed E-state index contributed by atoms with van der Waals surface area (Å²) in [5.74, 6) is 6.29. The lowest BCUT2D eigenvalue weighted by Gasteiger charge is -2.24. The Morgan fingerprint density at radius 2 is 2.00 bits per heavy atom. The van der Waals surface area contributed by atoms with Crippen molar-refractivity contribution < 1.29 is 0 Å². The molecular weight excluding hydrogens is 258 g/mol. The first-order chi connectivity index (χ1) is 10.4. The number of benzene rings is 1. The van der Waals surface area contributed by atoms with Gasteiger partial charge in [-0.15, -0.1) is 0 Å². The molecule has 21 heavy (non-hydrogen) atoms. The van der Waals surface area contributed by atoms with Gasteiger partial charge in [0.25, 0.3) is 0 Å². The number of aromatic nitrogens is 1. The van der Waals surface area contributed by atoms with Crippen LogP contribution in [0.5, 0.6) is 0 Å². The summed E-state index contributed by atoms with van der Waals surface area (Å²) in [5, 5.41) is 0. The molecule has 0 amide bonds. The average Bonchev–Trinajstić information content (AvgIpc) is 3.15. The van der Waals surface area contributed by atoms with E-state index in [4.69, 9.17) is 5.84 Å². The van der Waals surface area contributed by atoms with E-state index in [2.05, 4.69) is 34.7 Å². The van der Waals surface area contributed by atoms with Gasteiger partial charge in [-0.1, -0.05) is 24.3 Å². The molecule has 0 aliphatic heterocycles.